The van der Waals surface area contributed by atoms with Crippen LogP contribution < -0.4 is 10.5 Å². The highest BCUT2D eigenvalue weighted by atomic mass is 19.1. The molecule has 1 aromatic heterocycles. The summed E-state index contributed by atoms with van der Waals surface area (Å²) in [5.74, 6) is -0.437. The number of ether oxygens (including phenoxy) is 2. The maximum atomic E-state index is 13.1. The summed E-state index contributed by atoms with van der Waals surface area (Å²) in [6, 6.07) is 9.54. The SMILES string of the molecule is NC(=O)c1ccc2[nH]nc(/C=C/c3ccc(F)cc3)c2c1OCCN1CCOCC1. The number of nitrogens with two attached hydrogens (primary N) is 1. The zero-order chi connectivity index (χ0) is 20.9. The van der Waals surface area contributed by atoms with Gasteiger partial charge in [-0.05, 0) is 35.9 Å². The molecule has 1 fully saturated rings. The molecule has 0 unspecified atom stereocenters. The third kappa shape index (κ3) is 4.50. The minimum absolute atomic E-state index is 0.292. The second-order valence-corrected chi connectivity index (χ2v) is 7.03. The zero-order valence-electron chi connectivity index (χ0n) is 16.4. The van der Waals surface area contributed by atoms with Crippen molar-refractivity contribution in [3.63, 3.8) is 0 Å². The van der Waals surface area contributed by atoms with Crippen molar-refractivity contribution in [2.45, 2.75) is 0 Å². The van der Waals surface area contributed by atoms with Gasteiger partial charge < -0.3 is 15.2 Å². The van der Waals surface area contributed by atoms with Crippen molar-refractivity contribution in [2.24, 2.45) is 5.73 Å². The van der Waals surface area contributed by atoms with E-state index in [1.807, 2.05) is 6.08 Å². The second kappa shape index (κ2) is 9.06. The Bertz CT molecular complexity index is 1060. The van der Waals surface area contributed by atoms with Crippen LogP contribution in [0.4, 0.5) is 4.39 Å². The quantitative estimate of drug-likeness (QED) is 0.625. The monoisotopic (exact) mass is 410 g/mol. The molecule has 4 rings (SSSR count). The number of rotatable bonds is 7. The Labute approximate surface area is 173 Å². The van der Waals surface area contributed by atoms with Crippen molar-refractivity contribution in [3.05, 3.63) is 59.0 Å². The minimum atomic E-state index is -0.562. The maximum absolute atomic E-state index is 13.1. The number of H-pyrrole nitrogens is 1. The number of morpholine rings is 1. The molecule has 30 heavy (non-hydrogen) atoms. The number of aromatic nitrogens is 2. The second-order valence-electron chi connectivity index (χ2n) is 7.03. The van der Waals surface area contributed by atoms with Gasteiger partial charge >= 0.3 is 0 Å². The fourth-order valence-corrected chi connectivity index (χ4v) is 3.42. The van der Waals surface area contributed by atoms with Gasteiger partial charge in [0.05, 0.1) is 35.4 Å². The molecule has 2 aromatic carbocycles. The summed E-state index contributed by atoms with van der Waals surface area (Å²) < 4.78 is 24.5. The van der Waals surface area contributed by atoms with E-state index in [4.69, 9.17) is 15.2 Å². The number of halogens is 1. The molecule has 0 aliphatic carbocycles. The number of carbonyl (C=O) groups is 1. The standard InChI is InChI=1S/C22H23FN4O3/c23-16-4-1-15(2-5-16)3-7-18-20-19(26-25-18)8-6-17(22(24)28)21(20)30-14-11-27-9-12-29-13-10-27/h1-8H,9-14H2,(H2,24,28)(H,25,26)/b7-3+. The van der Waals surface area contributed by atoms with E-state index in [9.17, 15) is 9.18 Å². The lowest BCUT2D eigenvalue weighted by Crippen LogP contribution is -2.38. The first-order valence-corrected chi connectivity index (χ1v) is 9.79. The van der Waals surface area contributed by atoms with Crippen molar-refractivity contribution >= 4 is 29.0 Å². The van der Waals surface area contributed by atoms with E-state index in [-0.39, 0.29) is 5.82 Å². The van der Waals surface area contributed by atoms with Gasteiger partial charge in [0.15, 0.2) is 0 Å². The molecule has 1 aliphatic heterocycles. The summed E-state index contributed by atoms with van der Waals surface area (Å²) in [7, 11) is 0. The molecule has 7 nitrogen and oxygen atoms in total. The largest absolute Gasteiger partial charge is 0.491 e. The van der Waals surface area contributed by atoms with Crippen molar-refractivity contribution in [2.75, 3.05) is 39.5 Å². The Morgan fingerprint density at radius 1 is 1.20 bits per heavy atom. The van der Waals surface area contributed by atoms with Gasteiger partial charge in [0.1, 0.15) is 18.2 Å². The van der Waals surface area contributed by atoms with Gasteiger partial charge in [0.25, 0.3) is 5.91 Å². The van der Waals surface area contributed by atoms with E-state index in [1.165, 1.54) is 12.1 Å². The number of aromatic amines is 1. The summed E-state index contributed by atoms with van der Waals surface area (Å²) >= 11 is 0. The first-order valence-electron chi connectivity index (χ1n) is 9.79. The predicted molar refractivity (Wildman–Crippen MR) is 113 cm³/mol. The van der Waals surface area contributed by atoms with Crippen molar-refractivity contribution < 1.29 is 18.7 Å². The molecule has 0 radical (unpaired) electrons. The van der Waals surface area contributed by atoms with Gasteiger partial charge in [-0.15, -0.1) is 0 Å². The van der Waals surface area contributed by atoms with Crippen LogP contribution >= 0.6 is 0 Å². The number of fused-ring (bicyclic) bond motifs is 1. The predicted octanol–water partition coefficient (Wildman–Crippen LogP) is 2.68. The third-order valence-electron chi connectivity index (χ3n) is 5.04. The van der Waals surface area contributed by atoms with Gasteiger partial charge in [-0.2, -0.15) is 5.10 Å². The van der Waals surface area contributed by atoms with Crippen molar-refractivity contribution in [1.82, 2.24) is 15.1 Å². The smallest absolute Gasteiger partial charge is 0.252 e. The topological polar surface area (TPSA) is 93.5 Å². The maximum Gasteiger partial charge on any atom is 0.252 e. The number of carbonyl (C=O) groups excluding carboxylic acids is 1. The van der Waals surface area contributed by atoms with Gasteiger partial charge in [-0.1, -0.05) is 18.2 Å². The molecule has 0 atom stereocenters. The average Bonchev–Trinajstić information content (AvgIpc) is 3.17. The van der Waals surface area contributed by atoms with Crippen LogP contribution in [0.1, 0.15) is 21.6 Å². The Morgan fingerprint density at radius 3 is 2.70 bits per heavy atom. The number of nitrogens with one attached hydrogen (secondary N) is 1. The highest BCUT2D eigenvalue weighted by Gasteiger charge is 2.18. The average molecular weight is 410 g/mol. The number of benzene rings is 2. The lowest BCUT2D eigenvalue weighted by molar-refractivity contribution is 0.0323. The molecular formula is C22H23FN4O3. The van der Waals surface area contributed by atoms with Gasteiger partial charge in [0, 0.05) is 19.6 Å². The molecule has 3 aromatic rings. The highest BCUT2D eigenvalue weighted by Crippen LogP contribution is 2.32. The normalized spacial score (nSPS) is 15.1. The van der Waals surface area contributed by atoms with Crippen LogP contribution in [-0.4, -0.2) is 60.5 Å². The summed E-state index contributed by atoms with van der Waals surface area (Å²) in [6.45, 7) is 4.26. The Balaban J connectivity index is 1.62. The van der Waals surface area contributed by atoms with E-state index >= 15 is 0 Å². The van der Waals surface area contributed by atoms with Crippen molar-refractivity contribution in [1.29, 1.82) is 0 Å². The van der Waals surface area contributed by atoms with Gasteiger partial charge in [-0.25, -0.2) is 4.39 Å². The van der Waals surface area contributed by atoms with E-state index in [0.717, 1.165) is 30.7 Å². The summed E-state index contributed by atoms with van der Waals surface area (Å²) in [5, 5.41) is 7.99. The molecule has 0 spiro atoms. The lowest BCUT2D eigenvalue weighted by Gasteiger charge is -2.26. The first kappa shape index (κ1) is 20.1. The van der Waals surface area contributed by atoms with E-state index in [2.05, 4.69) is 15.1 Å². The van der Waals surface area contributed by atoms with Gasteiger partial charge in [0.2, 0.25) is 0 Å². The summed E-state index contributed by atoms with van der Waals surface area (Å²) in [5.41, 5.74) is 8.07. The Morgan fingerprint density at radius 2 is 1.97 bits per heavy atom. The van der Waals surface area contributed by atoms with Crippen LogP contribution in [0.25, 0.3) is 23.1 Å². The molecule has 156 valence electrons. The third-order valence-corrected chi connectivity index (χ3v) is 5.04. The lowest BCUT2D eigenvalue weighted by atomic mass is 10.1. The molecule has 8 heteroatoms. The van der Waals surface area contributed by atoms with E-state index in [0.29, 0.717) is 42.2 Å². The van der Waals surface area contributed by atoms with Crippen molar-refractivity contribution in [3.8, 4) is 5.75 Å². The number of nitrogens with zero attached hydrogens (tertiary/aromatic N) is 2. The fourth-order valence-electron chi connectivity index (χ4n) is 3.42. The molecule has 1 aliphatic rings. The molecule has 1 amide bonds. The molecule has 0 saturated carbocycles. The van der Waals surface area contributed by atoms with E-state index < -0.39 is 5.91 Å². The summed E-state index contributed by atoms with van der Waals surface area (Å²) in [4.78, 5) is 14.3. The minimum Gasteiger partial charge on any atom is -0.491 e. The first-order chi connectivity index (χ1) is 14.6. The molecular weight excluding hydrogens is 387 g/mol. The van der Waals surface area contributed by atoms with Crippen LogP contribution in [-0.2, 0) is 4.74 Å². The number of primary amides is 1. The van der Waals surface area contributed by atoms with Gasteiger partial charge in [-0.3, -0.25) is 14.8 Å². The number of hydrogen-bond donors (Lipinski definition) is 2. The Hall–Kier alpha value is -3.23. The van der Waals surface area contributed by atoms with Crippen LogP contribution in [0.2, 0.25) is 0 Å². The molecule has 2 heterocycles. The molecule has 1 saturated heterocycles. The zero-order valence-corrected chi connectivity index (χ0v) is 16.4. The fraction of sp³-hybridized carbons (Fsp3) is 0.273. The molecule has 3 N–H and O–H groups in total. The van der Waals surface area contributed by atoms with Crippen LogP contribution in [0.5, 0.6) is 5.75 Å². The Kier molecular flexibility index (Phi) is 6.06. The van der Waals surface area contributed by atoms with E-state index in [1.54, 1.807) is 30.3 Å². The number of hydrogen-bond acceptors (Lipinski definition) is 5. The summed E-state index contributed by atoms with van der Waals surface area (Å²) in [6.07, 6.45) is 3.62. The molecule has 0 bridgehead atoms. The highest BCUT2D eigenvalue weighted by molar-refractivity contribution is 6.04. The number of amides is 1. The van der Waals surface area contributed by atoms with Crippen LogP contribution in [0, 0.1) is 5.82 Å². The van der Waals surface area contributed by atoms with Crippen LogP contribution in [0.3, 0.4) is 0 Å². The van der Waals surface area contributed by atoms with Crippen LogP contribution in [0.15, 0.2) is 36.4 Å².